The zero-order chi connectivity index (χ0) is 16.1. The van der Waals surface area contributed by atoms with E-state index >= 15 is 0 Å². The molecule has 0 aliphatic heterocycles. The first kappa shape index (κ1) is 17.7. The average molecular weight is 311 g/mol. The summed E-state index contributed by atoms with van der Waals surface area (Å²) >= 11 is 0. The third kappa shape index (κ3) is 5.91. The van der Waals surface area contributed by atoms with Gasteiger partial charge in [-0.05, 0) is 18.8 Å². The predicted molar refractivity (Wildman–Crippen MR) is 67.6 cm³/mol. The lowest BCUT2D eigenvalue weighted by Gasteiger charge is -2.37. The lowest BCUT2D eigenvalue weighted by atomic mass is 9.76. The molecule has 1 amide bonds. The number of rotatable bonds is 6. The van der Waals surface area contributed by atoms with Crippen LogP contribution in [0, 0.1) is 5.92 Å². The molecule has 0 bridgehead atoms. The maximum Gasteiger partial charge on any atom is 0.411 e. The molecule has 1 fully saturated rings. The maximum absolute atomic E-state index is 11.9. The smallest absolute Gasteiger partial charge is 0.411 e. The molecule has 0 heterocycles. The Kier molecular flexibility index (Phi) is 6.00. The SMILES string of the molecule is CC1CCCC(NC(=O)CCOCC(F)(F)F)(C(=O)O)C1. The minimum Gasteiger partial charge on any atom is -0.480 e. The minimum absolute atomic E-state index is 0.177. The van der Waals surface area contributed by atoms with Crippen LogP contribution in [0.5, 0.6) is 0 Å². The molecule has 122 valence electrons. The molecule has 1 saturated carbocycles. The summed E-state index contributed by atoms with van der Waals surface area (Å²) in [4.78, 5) is 23.1. The van der Waals surface area contributed by atoms with E-state index in [1.807, 2.05) is 6.92 Å². The number of alkyl halides is 3. The van der Waals surface area contributed by atoms with Crippen LogP contribution in [0.25, 0.3) is 0 Å². The Labute approximate surface area is 120 Å². The number of nitrogens with one attached hydrogen (secondary N) is 1. The molecule has 2 atom stereocenters. The molecule has 21 heavy (non-hydrogen) atoms. The normalized spacial score (nSPS) is 26.4. The Morgan fingerprint density at radius 1 is 1.43 bits per heavy atom. The monoisotopic (exact) mass is 311 g/mol. The van der Waals surface area contributed by atoms with Gasteiger partial charge in [0.25, 0.3) is 0 Å². The van der Waals surface area contributed by atoms with Crippen LogP contribution < -0.4 is 5.32 Å². The Bertz CT molecular complexity index is 386. The van der Waals surface area contributed by atoms with Crippen LogP contribution in [0.3, 0.4) is 0 Å². The van der Waals surface area contributed by atoms with E-state index in [9.17, 15) is 27.9 Å². The molecule has 1 rings (SSSR count). The van der Waals surface area contributed by atoms with Crippen molar-refractivity contribution >= 4 is 11.9 Å². The first-order valence-corrected chi connectivity index (χ1v) is 6.83. The fourth-order valence-electron chi connectivity index (χ4n) is 2.59. The van der Waals surface area contributed by atoms with Crippen LogP contribution in [0.2, 0.25) is 0 Å². The molecule has 1 aliphatic carbocycles. The van der Waals surface area contributed by atoms with E-state index in [4.69, 9.17) is 0 Å². The zero-order valence-electron chi connectivity index (χ0n) is 11.8. The van der Waals surface area contributed by atoms with Crippen molar-refractivity contribution in [1.82, 2.24) is 5.32 Å². The molecule has 5 nitrogen and oxygen atoms in total. The molecule has 0 radical (unpaired) electrons. The van der Waals surface area contributed by atoms with E-state index in [0.717, 1.165) is 6.42 Å². The number of aliphatic carboxylic acids is 1. The van der Waals surface area contributed by atoms with Crippen molar-refractivity contribution in [2.24, 2.45) is 5.92 Å². The minimum atomic E-state index is -4.43. The Morgan fingerprint density at radius 3 is 2.62 bits per heavy atom. The van der Waals surface area contributed by atoms with Crippen LogP contribution in [-0.4, -0.2) is 41.9 Å². The zero-order valence-corrected chi connectivity index (χ0v) is 11.8. The number of carboxylic acid groups (broad SMARTS) is 1. The van der Waals surface area contributed by atoms with Gasteiger partial charge in [-0.25, -0.2) is 4.79 Å². The van der Waals surface area contributed by atoms with E-state index in [2.05, 4.69) is 10.1 Å². The van der Waals surface area contributed by atoms with Gasteiger partial charge in [0, 0.05) is 6.42 Å². The highest BCUT2D eigenvalue weighted by Crippen LogP contribution is 2.32. The van der Waals surface area contributed by atoms with Gasteiger partial charge in [0.05, 0.1) is 6.61 Å². The molecular weight excluding hydrogens is 291 g/mol. The fraction of sp³-hybridized carbons (Fsp3) is 0.846. The molecule has 0 aromatic rings. The fourth-order valence-corrected chi connectivity index (χ4v) is 2.59. The number of amides is 1. The third-order valence-corrected chi connectivity index (χ3v) is 3.52. The number of carbonyl (C=O) groups excluding carboxylic acids is 1. The van der Waals surface area contributed by atoms with E-state index < -0.39 is 36.8 Å². The summed E-state index contributed by atoms with van der Waals surface area (Å²) < 4.78 is 39.9. The molecule has 2 N–H and O–H groups in total. The molecule has 0 spiro atoms. The van der Waals surface area contributed by atoms with Crippen molar-refractivity contribution in [2.45, 2.75) is 50.7 Å². The van der Waals surface area contributed by atoms with Crippen molar-refractivity contribution in [3.63, 3.8) is 0 Å². The van der Waals surface area contributed by atoms with Crippen molar-refractivity contribution in [3.05, 3.63) is 0 Å². The number of carboxylic acids is 1. The second-order valence-electron chi connectivity index (χ2n) is 5.55. The van der Waals surface area contributed by atoms with E-state index in [1.54, 1.807) is 0 Å². The second kappa shape index (κ2) is 7.11. The van der Waals surface area contributed by atoms with Crippen molar-refractivity contribution in [1.29, 1.82) is 0 Å². The van der Waals surface area contributed by atoms with Crippen LogP contribution in [0.4, 0.5) is 13.2 Å². The van der Waals surface area contributed by atoms with Gasteiger partial charge in [-0.3, -0.25) is 4.79 Å². The van der Waals surface area contributed by atoms with Gasteiger partial charge in [-0.2, -0.15) is 13.2 Å². The molecule has 8 heteroatoms. The maximum atomic E-state index is 11.9. The number of carbonyl (C=O) groups is 2. The highest BCUT2D eigenvalue weighted by Gasteiger charge is 2.43. The summed E-state index contributed by atoms with van der Waals surface area (Å²) in [6, 6.07) is 0. The number of ether oxygens (including phenoxy) is 1. The average Bonchev–Trinajstić information content (AvgIpc) is 2.33. The van der Waals surface area contributed by atoms with E-state index in [0.29, 0.717) is 19.3 Å². The Hall–Kier alpha value is -1.31. The number of hydrogen-bond acceptors (Lipinski definition) is 3. The summed E-state index contributed by atoms with van der Waals surface area (Å²) in [5.74, 6) is -1.52. The molecule has 2 unspecified atom stereocenters. The number of hydrogen-bond donors (Lipinski definition) is 2. The van der Waals surface area contributed by atoms with Crippen LogP contribution in [0.15, 0.2) is 0 Å². The van der Waals surface area contributed by atoms with Gasteiger partial charge in [0.15, 0.2) is 0 Å². The molecule has 0 aromatic carbocycles. The molecule has 0 aromatic heterocycles. The van der Waals surface area contributed by atoms with Gasteiger partial charge in [0.2, 0.25) is 5.91 Å². The third-order valence-electron chi connectivity index (χ3n) is 3.52. The van der Waals surface area contributed by atoms with Crippen molar-refractivity contribution in [3.8, 4) is 0 Å². The predicted octanol–water partition coefficient (Wildman–Crippen LogP) is 2.11. The van der Waals surface area contributed by atoms with E-state index in [1.165, 1.54) is 0 Å². The van der Waals surface area contributed by atoms with Crippen LogP contribution in [-0.2, 0) is 14.3 Å². The van der Waals surface area contributed by atoms with Gasteiger partial charge >= 0.3 is 12.1 Å². The Morgan fingerprint density at radius 2 is 2.10 bits per heavy atom. The second-order valence-corrected chi connectivity index (χ2v) is 5.55. The van der Waals surface area contributed by atoms with Gasteiger partial charge in [-0.15, -0.1) is 0 Å². The van der Waals surface area contributed by atoms with Gasteiger partial charge < -0.3 is 15.2 Å². The standard InChI is InChI=1S/C13H20F3NO4/c1-9-3-2-5-12(7-9,11(19)20)17-10(18)4-6-21-8-13(14,15)16/h9H,2-8H2,1H3,(H,17,18)(H,19,20). The van der Waals surface area contributed by atoms with Crippen molar-refractivity contribution < 1.29 is 32.6 Å². The lowest BCUT2D eigenvalue weighted by molar-refractivity contribution is -0.174. The summed E-state index contributed by atoms with van der Waals surface area (Å²) in [6.07, 6.45) is -2.46. The lowest BCUT2D eigenvalue weighted by Crippen LogP contribution is -2.56. The highest BCUT2D eigenvalue weighted by atomic mass is 19.4. The largest absolute Gasteiger partial charge is 0.480 e. The van der Waals surface area contributed by atoms with Crippen LogP contribution in [0.1, 0.15) is 39.0 Å². The topological polar surface area (TPSA) is 75.6 Å². The first-order chi connectivity index (χ1) is 9.65. The summed E-state index contributed by atoms with van der Waals surface area (Å²) in [7, 11) is 0. The quantitative estimate of drug-likeness (QED) is 0.737. The first-order valence-electron chi connectivity index (χ1n) is 6.83. The summed E-state index contributed by atoms with van der Waals surface area (Å²) in [5, 5.41) is 11.8. The molecular formula is C13H20F3NO4. The Balaban J connectivity index is 2.45. The van der Waals surface area contributed by atoms with Crippen LogP contribution >= 0.6 is 0 Å². The summed E-state index contributed by atoms with van der Waals surface area (Å²) in [6.45, 7) is 0.105. The molecule has 1 aliphatic rings. The van der Waals surface area contributed by atoms with E-state index in [-0.39, 0.29) is 12.3 Å². The highest BCUT2D eigenvalue weighted by molar-refractivity contribution is 5.87. The van der Waals surface area contributed by atoms with Gasteiger partial charge in [-0.1, -0.05) is 19.8 Å². The van der Waals surface area contributed by atoms with Crippen molar-refractivity contribution in [2.75, 3.05) is 13.2 Å². The number of halogens is 3. The van der Waals surface area contributed by atoms with Gasteiger partial charge in [0.1, 0.15) is 12.1 Å². The summed E-state index contributed by atoms with van der Waals surface area (Å²) in [5.41, 5.74) is -1.31. The molecule has 0 saturated heterocycles.